The lowest BCUT2D eigenvalue weighted by molar-refractivity contribution is -0.223. The second-order valence-corrected chi connectivity index (χ2v) is 12.5. The Balaban J connectivity index is 1.29. The second-order valence-electron chi connectivity index (χ2n) is 12.5. The van der Waals surface area contributed by atoms with E-state index in [1.54, 1.807) is 12.2 Å². The Hall–Kier alpha value is -2.56. The van der Waals surface area contributed by atoms with Crippen molar-refractivity contribution in [2.75, 3.05) is 13.2 Å². The molecule has 1 aliphatic heterocycles. The lowest BCUT2D eigenvalue weighted by Gasteiger charge is -2.37. The Morgan fingerprint density at radius 3 is 2.37 bits per heavy atom. The van der Waals surface area contributed by atoms with Crippen LogP contribution in [-0.4, -0.2) is 25.6 Å². The van der Waals surface area contributed by atoms with Crippen LogP contribution < -0.4 is 4.74 Å². The van der Waals surface area contributed by atoms with Crippen molar-refractivity contribution in [2.24, 2.45) is 29.6 Å². The van der Waals surface area contributed by atoms with Crippen LogP contribution in [0.25, 0.3) is 0 Å². The summed E-state index contributed by atoms with van der Waals surface area (Å²) in [5.74, 6) is 1.86. The highest BCUT2D eigenvalue weighted by molar-refractivity contribution is 5.31. The average Bonchev–Trinajstić information content (AvgIpc) is 3.00. The van der Waals surface area contributed by atoms with Gasteiger partial charge in [-0.1, -0.05) is 38.0 Å². The van der Waals surface area contributed by atoms with Gasteiger partial charge < -0.3 is 14.2 Å². The van der Waals surface area contributed by atoms with E-state index in [4.69, 9.17) is 20.6 Å². The summed E-state index contributed by atoms with van der Waals surface area (Å²) < 4.78 is 77.0. The number of allylic oxidation sites excluding steroid dienone is 4. The molecule has 0 amide bonds. The minimum atomic E-state index is -3.47. The molecule has 1 aromatic carbocycles. The molecule has 3 nitrogen and oxygen atoms in total. The van der Waals surface area contributed by atoms with Gasteiger partial charge in [0.2, 0.25) is 0 Å². The molecule has 0 aromatic heterocycles. The van der Waals surface area contributed by atoms with E-state index in [-0.39, 0.29) is 37.4 Å². The predicted molar refractivity (Wildman–Crippen MR) is 162 cm³/mol. The van der Waals surface area contributed by atoms with Crippen molar-refractivity contribution in [2.45, 2.75) is 96.4 Å². The fraction of sp³-hybridized carbons (Fsp3) is 0.611. The Kier molecular flexibility index (Phi) is 12.4. The quantitative estimate of drug-likeness (QED) is 0.103. The average molecular weight is 603 g/mol. The third-order valence-corrected chi connectivity index (χ3v) is 9.46. The summed E-state index contributed by atoms with van der Waals surface area (Å²) in [7, 11) is 0. The van der Waals surface area contributed by atoms with Gasteiger partial charge in [0.25, 0.3) is 0 Å². The Bertz CT molecular complexity index is 1150. The minimum absolute atomic E-state index is 0.147. The third-order valence-electron chi connectivity index (χ3n) is 9.46. The van der Waals surface area contributed by atoms with E-state index in [1.807, 2.05) is 0 Å². The number of ether oxygens (including phenoxy) is 3. The number of benzene rings is 1. The van der Waals surface area contributed by atoms with Gasteiger partial charge in [0.05, 0.1) is 19.1 Å². The van der Waals surface area contributed by atoms with Crippen molar-refractivity contribution in [3.8, 4) is 18.1 Å². The number of hydrogen-bond donors (Lipinski definition) is 0. The van der Waals surface area contributed by atoms with Gasteiger partial charge in [-0.2, -0.15) is 8.78 Å². The van der Waals surface area contributed by atoms with Crippen molar-refractivity contribution in [1.82, 2.24) is 0 Å². The fourth-order valence-corrected chi connectivity index (χ4v) is 6.70. The summed E-state index contributed by atoms with van der Waals surface area (Å²) >= 11 is 0. The lowest BCUT2D eigenvalue weighted by Crippen LogP contribution is -2.37. The summed E-state index contributed by atoms with van der Waals surface area (Å²) in [5.41, 5.74) is 0.889. The van der Waals surface area contributed by atoms with Crippen LogP contribution >= 0.6 is 0 Å². The Labute approximate surface area is 254 Å². The van der Waals surface area contributed by atoms with E-state index in [0.29, 0.717) is 61.9 Å². The second kappa shape index (κ2) is 16.0. The van der Waals surface area contributed by atoms with E-state index in [9.17, 15) is 4.39 Å². The molecule has 7 heteroatoms. The zero-order chi connectivity index (χ0) is 30.8. The Morgan fingerprint density at radius 2 is 1.74 bits per heavy atom. The molecular weight excluding hydrogens is 556 g/mol. The Morgan fingerprint density at radius 1 is 1.05 bits per heavy atom. The molecule has 1 heterocycles. The smallest absolute Gasteiger partial charge is 0.400 e. The molecule has 2 aliphatic carbocycles. The molecule has 0 spiro atoms. The molecule has 0 radical (unpaired) electrons. The number of alkyl halides is 2. The number of terminal acetylenes is 1. The van der Waals surface area contributed by atoms with Crippen LogP contribution in [0.2, 0.25) is 0 Å². The zero-order valence-corrected chi connectivity index (χ0v) is 25.3. The highest BCUT2D eigenvalue weighted by Crippen LogP contribution is 2.44. The monoisotopic (exact) mass is 602 g/mol. The first-order chi connectivity index (χ1) is 20.7. The van der Waals surface area contributed by atoms with Gasteiger partial charge >= 0.3 is 6.11 Å². The third kappa shape index (κ3) is 9.46. The zero-order valence-electron chi connectivity index (χ0n) is 25.3. The van der Waals surface area contributed by atoms with Crippen LogP contribution in [0.3, 0.4) is 0 Å². The van der Waals surface area contributed by atoms with Crippen molar-refractivity contribution in [3.05, 3.63) is 65.8 Å². The van der Waals surface area contributed by atoms with Crippen molar-refractivity contribution in [3.63, 3.8) is 0 Å². The maximum atomic E-state index is 15.5. The topological polar surface area (TPSA) is 27.7 Å². The highest BCUT2D eigenvalue weighted by atomic mass is 19.3. The van der Waals surface area contributed by atoms with E-state index in [1.165, 1.54) is 43.9 Å². The number of halogens is 4. The first-order valence-corrected chi connectivity index (χ1v) is 15.9. The van der Waals surface area contributed by atoms with Crippen molar-refractivity contribution in [1.29, 1.82) is 0 Å². The number of rotatable bonds is 12. The molecule has 0 bridgehead atoms. The molecule has 0 atom stereocenters. The first kappa shape index (κ1) is 33.3. The molecule has 3 fully saturated rings. The van der Waals surface area contributed by atoms with Crippen LogP contribution in [0.15, 0.2) is 54.4 Å². The van der Waals surface area contributed by atoms with E-state index in [2.05, 4.69) is 19.4 Å². The summed E-state index contributed by atoms with van der Waals surface area (Å²) in [6.07, 6.45) is 13.8. The van der Waals surface area contributed by atoms with Gasteiger partial charge in [0.15, 0.2) is 6.29 Å². The number of hydrogen-bond acceptors (Lipinski definition) is 3. The van der Waals surface area contributed by atoms with Crippen LogP contribution in [0, 0.1) is 47.8 Å². The van der Waals surface area contributed by atoms with Gasteiger partial charge in [-0.25, -0.2) is 8.78 Å². The molecule has 43 heavy (non-hydrogen) atoms. The van der Waals surface area contributed by atoms with Gasteiger partial charge in [0, 0.05) is 24.8 Å². The van der Waals surface area contributed by atoms with E-state index < -0.39 is 30.0 Å². The van der Waals surface area contributed by atoms with E-state index >= 15 is 13.2 Å². The summed E-state index contributed by atoms with van der Waals surface area (Å²) in [4.78, 5) is 0. The fourth-order valence-electron chi connectivity index (χ4n) is 6.70. The summed E-state index contributed by atoms with van der Waals surface area (Å²) in [6, 6.07) is 3.85. The summed E-state index contributed by atoms with van der Waals surface area (Å²) in [6.45, 7) is 7.18. The van der Waals surface area contributed by atoms with Crippen LogP contribution in [0.5, 0.6) is 5.75 Å². The molecule has 3 aliphatic rings. The molecule has 0 N–H and O–H groups in total. The number of aryl methyl sites for hydroxylation is 1. The lowest BCUT2D eigenvalue weighted by atomic mass is 9.76. The predicted octanol–water partition coefficient (Wildman–Crippen LogP) is 9.73. The van der Waals surface area contributed by atoms with Gasteiger partial charge in [-0.3, -0.25) is 0 Å². The molecule has 236 valence electrons. The largest absolute Gasteiger partial charge is 0.432 e. The van der Waals surface area contributed by atoms with Gasteiger partial charge in [0.1, 0.15) is 17.4 Å². The van der Waals surface area contributed by atoms with Crippen molar-refractivity contribution >= 4 is 0 Å². The SMILES string of the molecule is C#CC/C=C(\C(F)=C/CC1OCC(C2CCC(C)CC2)CO1)C1CCC(C(F)(F)Oc2ccc(CCC=C)c(F)c2)CC1. The maximum Gasteiger partial charge on any atom is 0.400 e. The van der Waals surface area contributed by atoms with Gasteiger partial charge in [-0.15, -0.1) is 18.9 Å². The molecular formula is C36H46F4O3. The molecule has 1 aromatic rings. The van der Waals surface area contributed by atoms with Crippen LogP contribution in [0.1, 0.15) is 83.1 Å². The maximum absolute atomic E-state index is 15.5. The highest BCUT2D eigenvalue weighted by Gasteiger charge is 2.44. The molecule has 4 rings (SSSR count). The molecule has 0 unspecified atom stereocenters. The standard InChI is InChI=1S/C36H46F4O3/c1-4-6-8-28-16-19-31(22-34(28)38)43-36(39,40)30-17-14-27(15-18-30)32(9-7-5-2)33(37)20-21-35-41-23-29(24-42-35)26-12-10-25(3)11-13-26/h2,4,9,16,19-20,22,25-27,29-30,35H,1,6-8,10-15,17-18,21,23-24H2,3H3/b32-9-,33-20+. The van der Waals surface area contributed by atoms with Crippen molar-refractivity contribution < 1.29 is 31.8 Å². The van der Waals surface area contributed by atoms with E-state index in [0.717, 1.165) is 12.0 Å². The normalized spacial score (nSPS) is 29.1. The first-order valence-electron chi connectivity index (χ1n) is 15.9. The molecule has 2 saturated carbocycles. The van der Waals surface area contributed by atoms with Crippen LogP contribution in [-0.2, 0) is 15.9 Å². The van der Waals surface area contributed by atoms with Gasteiger partial charge in [-0.05, 0) is 92.4 Å². The summed E-state index contributed by atoms with van der Waals surface area (Å²) in [5, 5.41) is 0. The molecule has 1 saturated heterocycles. The minimum Gasteiger partial charge on any atom is -0.432 e. The van der Waals surface area contributed by atoms with Crippen LogP contribution in [0.4, 0.5) is 17.6 Å².